The number of Topliss-reactive ketones (excluding diaryl/α,β-unsaturated/α-hetero) is 1. The zero-order valence-corrected chi connectivity index (χ0v) is 18.3. The van der Waals surface area contributed by atoms with Crippen molar-refractivity contribution in [2.45, 2.75) is 78.8 Å². The Balaban J connectivity index is 2.83. The van der Waals surface area contributed by atoms with E-state index in [0.717, 1.165) is 24.8 Å². The summed E-state index contributed by atoms with van der Waals surface area (Å²) >= 11 is 0. The highest BCUT2D eigenvalue weighted by atomic mass is 16.2. The maximum atomic E-state index is 12.8. The lowest BCUT2D eigenvalue weighted by Crippen LogP contribution is -2.51. The van der Waals surface area contributed by atoms with Crippen LogP contribution in [0.2, 0.25) is 0 Å². The molecular weight excluding hydrogens is 350 g/mol. The van der Waals surface area contributed by atoms with E-state index in [9.17, 15) is 9.59 Å². The largest absolute Gasteiger partial charge is 0.345 e. The first kappa shape index (κ1) is 24.3. The van der Waals surface area contributed by atoms with Crippen LogP contribution in [-0.4, -0.2) is 30.3 Å². The fraction of sp³-hybridized carbons (Fsp3) is 0.652. The second-order valence-corrected chi connectivity index (χ2v) is 9.14. The molecule has 2 atom stereocenters. The summed E-state index contributed by atoms with van der Waals surface area (Å²) in [4.78, 5) is 25.5. The van der Waals surface area contributed by atoms with Gasteiger partial charge in [-0.15, -0.1) is 0 Å². The lowest BCUT2D eigenvalue weighted by atomic mass is 9.84. The van der Waals surface area contributed by atoms with Gasteiger partial charge in [0.25, 0.3) is 0 Å². The minimum Gasteiger partial charge on any atom is -0.345 e. The number of carbonyl (C=O) groups excluding carboxylic acids is 2. The number of hydrogen-bond donors (Lipinski definition) is 3. The van der Waals surface area contributed by atoms with Gasteiger partial charge in [0.1, 0.15) is 0 Å². The van der Waals surface area contributed by atoms with Crippen LogP contribution in [-0.2, 0) is 22.4 Å². The number of benzene rings is 1. The molecule has 0 aromatic heterocycles. The summed E-state index contributed by atoms with van der Waals surface area (Å²) in [5.41, 5.74) is 13.6. The Labute approximate surface area is 170 Å². The van der Waals surface area contributed by atoms with Gasteiger partial charge in [0.05, 0.1) is 12.1 Å². The molecule has 1 aromatic carbocycles. The van der Waals surface area contributed by atoms with Crippen molar-refractivity contribution in [3.05, 3.63) is 35.4 Å². The molecule has 0 spiro atoms. The summed E-state index contributed by atoms with van der Waals surface area (Å²) in [6.45, 7) is 10.6. The standard InChI is InChI=1S/C23H39N3O2/c1-16(2)14-17-10-6-7-11-18(17)15-19(25)22(28)26-20(12-8-9-13-24)21(27)23(3,4)5/h6-7,10-11,16,19-20H,8-9,12-15,24-25H2,1-5H3,(H,26,28)/t19-,20-/m0/s1. The predicted octanol–water partition coefficient (Wildman–Crippen LogP) is 2.98. The maximum absolute atomic E-state index is 12.8. The molecule has 5 N–H and O–H groups in total. The number of nitrogens with two attached hydrogens (primary N) is 2. The first-order valence-electron chi connectivity index (χ1n) is 10.4. The Bertz CT molecular complexity index is 635. The molecule has 28 heavy (non-hydrogen) atoms. The van der Waals surface area contributed by atoms with Crippen LogP contribution in [0.1, 0.15) is 65.0 Å². The monoisotopic (exact) mass is 389 g/mol. The van der Waals surface area contributed by atoms with Gasteiger partial charge in [-0.05, 0) is 55.7 Å². The molecule has 0 aliphatic rings. The van der Waals surface area contributed by atoms with Gasteiger partial charge in [-0.3, -0.25) is 9.59 Å². The summed E-state index contributed by atoms with van der Waals surface area (Å²) in [5, 5.41) is 2.91. The van der Waals surface area contributed by atoms with Gasteiger partial charge in [0.15, 0.2) is 5.78 Å². The average molecular weight is 390 g/mol. The molecule has 0 bridgehead atoms. The molecule has 0 radical (unpaired) electrons. The Morgan fingerprint density at radius 2 is 1.61 bits per heavy atom. The van der Waals surface area contributed by atoms with Gasteiger partial charge < -0.3 is 16.8 Å². The van der Waals surface area contributed by atoms with Crippen LogP contribution in [0.15, 0.2) is 24.3 Å². The van der Waals surface area contributed by atoms with E-state index in [1.165, 1.54) is 5.56 Å². The molecule has 158 valence electrons. The maximum Gasteiger partial charge on any atom is 0.237 e. The van der Waals surface area contributed by atoms with Gasteiger partial charge in [0.2, 0.25) is 5.91 Å². The van der Waals surface area contributed by atoms with Crippen LogP contribution in [0.3, 0.4) is 0 Å². The number of hydrogen-bond acceptors (Lipinski definition) is 4. The number of ketones is 1. The zero-order valence-electron chi connectivity index (χ0n) is 18.3. The quantitative estimate of drug-likeness (QED) is 0.507. The smallest absolute Gasteiger partial charge is 0.237 e. The van der Waals surface area contributed by atoms with E-state index < -0.39 is 17.5 Å². The summed E-state index contributed by atoms with van der Waals surface area (Å²) in [5.74, 6) is 0.294. The highest BCUT2D eigenvalue weighted by Gasteiger charge is 2.31. The Morgan fingerprint density at radius 3 is 2.11 bits per heavy atom. The fourth-order valence-electron chi connectivity index (χ4n) is 3.29. The number of carbonyl (C=O) groups is 2. The highest BCUT2D eigenvalue weighted by molar-refractivity contribution is 5.93. The molecule has 5 nitrogen and oxygen atoms in total. The lowest BCUT2D eigenvalue weighted by Gasteiger charge is -2.27. The van der Waals surface area contributed by atoms with Crippen molar-refractivity contribution < 1.29 is 9.59 Å². The first-order chi connectivity index (χ1) is 13.1. The van der Waals surface area contributed by atoms with Gasteiger partial charge in [-0.1, -0.05) is 58.9 Å². The Morgan fingerprint density at radius 1 is 1.04 bits per heavy atom. The molecule has 1 aromatic rings. The van der Waals surface area contributed by atoms with Crippen molar-refractivity contribution in [2.24, 2.45) is 22.8 Å². The highest BCUT2D eigenvalue weighted by Crippen LogP contribution is 2.20. The molecule has 0 fully saturated rings. The third-order valence-electron chi connectivity index (χ3n) is 4.84. The van der Waals surface area contributed by atoms with Gasteiger partial charge in [-0.25, -0.2) is 0 Å². The minimum atomic E-state index is -0.682. The van der Waals surface area contributed by atoms with Crippen LogP contribution < -0.4 is 16.8 Å². The fourth-order valence-corrected chi connectivity index (χ4v) is 3.29. The topological polar surface area (TPSA) is 98.2 Å². The van der Waals surface area contributed by atoms with Crippen LogP contribution in [0.25, 0.3) is 0 Å². The number of rotatable bonds is 11. The Kier molecular flexibility index (Phi) is 9.83. The van der Waals surface area contributed by atoms with Crippen molar-refractivity contribution in [1.29, 1.82) is 0 Å². The van der Waals surface area contributed by atoms with Crippen molar-refractivity contribution >= 4 is 11.7 Å². The van der Waals surface area contributed by atoms with Crippen LogP contribution >= 0.6 is 0 Å². The molecule has 1 rings (SSSR count). The van der Waals surface area contributed by atoms with Crippen molar-refractivity contribution in [1.82, 2.24) is 5.32 Å². The van der Waals surface area contributed by atoms with E-state index in [4.69, 9.17) is 11.5 Å². The summed E-state index contributed by atoms with van der Waals surface area (Å²) in [7, 11) is 0. The number of nitrogens with one attached hydrogen (secondary N) is 1. The third kappa shape index (κ3) is 8.11. The second-order valence-electron chi connectivity index (χ2n) is 9.14. The normalized spacial score (nSPS) is 14.0. The molecule has 1 amide bonds. The van der Waals surface area contributed by atoms with Crippen LogP contribution in [0, 0.1) is 11.3 Å². The van der Waals surface area contributed by atoms with Crippen molar-refractivity contribution in [2.75, 3.05) is 6.54 Å². The van der Waals surface area contributed by atoms with Gasteiger partial charge in [-0.2, -0.15) is 0 Å². The van der Waals surface area contributed by atoms with Crippen LogP contribution in [0.5, 0.6) is 0 Å². The van der Waals surface area contributed by atoms with Crippen molar-refractivity contribution in [3.8, 4) is 0 Å². The van der Waals surface area contributed by atoms with E-state index >= 15 is 0 Å². The van der Waals surface area contributed by atoms with E-state index in [1.807, 2.05) is 39.0 Å². The SMILES string of the molecule is CC(C)Cc1ccccc1C[C@H](N)C(=O)N[C@@H](CCCCN)C(=O)C(C)(C)C. The molecule has 0 heterocycles. The lowest BCUT2D eigenvalue weighted by molar-refractivity contribution is -0.133. The van der Waals surface area contributed by atoms with Gasteiger partial charge >= 0.3 is 0 Å². The molecular formula is C23H39N3O2. The molecule has 0 saturated carbocycles. The molecule has 5 heteroatoms. The van der Waals surface area contributed by atoms with E-state index in [1.54, 1.807) is 0 Å². The number of amides is 1. The summed E-state index contributed by atoms with van der Waals surface area (Å²) in [6.07, 6.45) is 3.65. The summed E-state index contributed by atoms with van der Waals surface area (Å²) < 4.78 is 0. The van der Waals surface area contributed by atoms with E-state index in [2.05, 4.69) is 25.2 Å². The number of unbranched alkanes of at least 4 members (excludes halogenated alkanes) is 1. The van der Waals surface area contributed by atoms with Crippen molar-refractivity contribution in [3.63, 3.8) is 0 Å². The molecule has 0 aliphatic carbocycles. The molecule has 0 saturated heterocycles. The molecule has 0 aliphatic heterocycles. The minimum absolute atomic E-state index is 0.0327. The third-order valence-corrected chi connectivity index (χ3v) is 4.84. The van der Waals surface area contributed by atoms with E-state index in [0.29, 0.717) is 25.3 Å². The summed E-state index contributed by atoms with van der Waals surface area (Å²) in [6, 6.07) is 6.92. The first-order valence-corrected chi connectivity index (χ1v) is 10.4. The van der Waals surface area contributed by atoms with Crippen LogP contribution in [0.4, 0.5) is 0 Å². The molecule has 0 unspecified atom stereocenters. The second kappa shape index (κ2) is 11.3. The average Bonchev–Trinajstić information content (AvgIpc) is 2.60. The van der Waals surface area contributed by atoms with Gasteiger partial charge in [0, 0.05) is 5.41 Å². The van der Waals surface area contributed by atoms with E-state index in [-0.39, 0.29) is 11.7 Å². The zero-order chi connectivity index (χ0) is 21.3. The predicted molar refractivity (Wildman–Crippen MR) is 116 cm³/mol. The Hall–Kier alpha value is -1.72.